The molecule has 2 unspecified atom stereocenters. The van der Waals surface area contributed by atoms with E-state index in [4.69, 9.17) is 4.74 Å². The van der Waals surface area contributed by atoms with Gasteiger partial charge in [0.05, 0.1) is 11.5 Å². The summed E-state index contributed by atoms with van der Waals surface area (Å²) in [5, 5.41) is 23.4. The van der Waals surface area contributed by atoms with Crippen molar-refractivity contribution in [2.45, 2.75) is 90.2 Å². The Labute approximate surface area is 327 Å². The van der Waals surface area contributed by atoms with Crippen LogP contribution in [0.5, 0.6) is 5.75 Å². The molecule has 5 aromatic rings. The molecule has 5 rings (SSSR count). The van der Waals surface area contributed by atoms with Crippen LogP contribution in [0, 0.1) is 5.92 Å². The van der Waals surface area contributed by atoms with E-state index in [-0.39, 0.29) is 24.0 Å². The number of nitrogens with zero attached hydrogens (tertiary/aromatic N) is 2. The van der Waals surface area contributed by atoms with Gasteiger partial charge in [0.25, 0.3) is 0 Å². The van der Waals surface area contributed by atoms with E-state index in [1.807, 2.05) is 54.6 Å². The van der Waals surface area contributed by atoms with Crippen molar-refractivity contribution >= 4 is 29.0 Å². The molecule has 3 atom stereocenters. The molecule has 0 spiro atoms. The molecule has 0 saturated heterocycles. The average Bonchev–Trinajstić information content (AvgIpc) is 3.71. The number of carboxylic acids is 1. The molecule has 0 aliphatic rings. The van der Waals surface area contributed by atoms with Crippen molar-refractivity contribution in [1.82, 2.24) is 15.3 Å². The Kier molecular flexibility index (Phi) is 14.5. The summed E-state index contributed by atoms with van der Waals surface area (Å²) in [4.78, 5) is 50.5. The molecule has 0 aliphatic heterocycles. The van der Waals surface area contributed by atoms with Gasteiger partial charge in [-0.15, -0.1) is 11.3 Å². The SMILES string of the molecule is CCCCCCCOc1ccc(-c2cnc(-c3ccc(C[C@H](CC(=O)c4ccc(C(C)(C)C)s4)C(=O)NC(C(=O)O)C(O)c4ccccc4)cc3)nc2)cc1. The highest BCUT2D eigenvalue weighted by molar-refractivity contribution is 7.14. The van der Waals surface area contributed by atoms with E-state index in [0.29, 0.717) is 22.9 Å². The molecule has 55 heavy (non-hydrogen) atoms. The van der Waals surface area contributed by atoms with E-state index in [1.165, 1.54) is 37.0 Å². The van der Waals surface area contributed by atoms with Crippen molar-refractivity contribution in [3.63, 3.8) is 0 Å². The van der Waals surface area contributed by atoms with Crippen LogP contribution < -0.4 is 10.1 Å². The highest BCUT2D eigenvalue weighted by Gasteiger charge is 2.33. The Hall–Kier alpha value is -5.19. The summed E-state index contributed by atoms with van der Waals surface area (Å²) in [5.41, 5.74) is 3.63. The molecule has 0 bridgehead atoms. The smallest absolute Gasteiger partial charge is 0.329 e. The molecule has 0 saturated carbocycles. The number of carbonyl (C=O) groups is 3. The van der Waals surface area contributed by atoms with E-state index in [9.17, 15) is 24.6 Å². The van der Waals surface area contributed by atoms with Crippen molar-refractivity contribution < 1.29 is 29.3 Å². The van der Waals surface area contributed by atoms with E-state index >= 15 is 0 Å². The molecule has 2 heterocycles. The largest absolute Gasteiger partial charge is 0.494 e. The van der Waals surface area contributed by atoms with Gasteiger partial charge in [0.2, 0.25) is 5.91 Å². The number of ketones is 1. The van der Waals surface area contributed by atoms with Gasteiger partial charge in [-0.1, -0.05) is 120 Å². The van der Waals surface area contributed by atoms with Crippen molar-refractivity contribution in [1.29, 1.82) is 0 Å². The van der Waals surface area contributed by atoms with Crippen molar-refractivity contribution in [3.8, 4) is 28.3 Å². The number of carbonyl (C=O) groups excluding carboxylic acids is 2. The number of aliphatic hydroxyl groups excluding tert-OH is 1. The Bertz CT molecular complexity index is 1990. The quantitative estimate of drug-likeness (QED) is 0.0559. The first kappa shape index (κ1) is 41.0. The Morgan fingerprint density at radius 1 is 0.800 bits per heavy atom. The van der Waals surface area contributed by atoms with Gasteiger partial charge in [0.1, 0.15) is 11.9 Å². The number of benzene rings is 3. The average molecular weight is 762 g/mol. The molecule has 9 nitrogen and oxygen atoms in total. The Morgan fingerprint density at radius 3 is 2.07 bits per heavy atom. The monoisotopic (exact) mass is 761 g/mol. The maximum Gasteiger partial charge on any atom is 0.329 e. The number of carboxylic acid groups (broad SMARTS) is 1. The maximum absolute atomic E-state index is 13.8. The molecule has 288 valence electrons. The standard InChI is InChI=1S/C45H51N3O6S/c1-5-6-7-8-12-25-54-36-21-19-31(20-22-36)35-28-46-42(47-29-35)33-17-15-30(16-18-33)26-34(27-37(49)38-23-24-39(55-38)45(2,3)4)43(51)48-40(44(52)53)41(50)32-13-10-9-11-14-32/h9-11,13-24,28-29,34,40-41,50H,5-8,12,25-27H2,1-4H3,(H,48,51)(H,52,53)/t34-,40?,41?/m1/s1. The third kappa shape index (κ3) is 11.7. The van der Waals surface area contributed by atoms with Crippen LogP contribution in [0.2, 0.25) is 0 Å². The molecule has 1 amide bonds. The highest BCUT2D eigenvalue weighted by atomic mass is 32.1. The number of amides is 1. The van der Waals surface area contributed by atoms with Gasteiger partial charge in [0.15, 0.2) is 17.6 Å². The zero-order valence-electron chi connectivity index (χ0n) is 32.0. The molecule has 10 heteroatoms. The number of thiophene rings is 1. The third-order valence-electron chi connectivity index (χ3n) is 9.49. The predicted octanol–water partition coefficient (Wildman–Crippen LogP) is 9.25. The summed E-state index contributed by atoms with van der Waals surface area (Å²) >= 11 is 1.40. The highest BCUT2D eigenvalue weighted by Crippen LogP contribution is 2.31. The van der Waals surface area contributed by atoms with Crippen molar-refractivity contribution in [2.24, 2.45) is 5.92 Å². The van der Waals surface area contributed by atoms with Crippen molar-refractivity contribution in [2.75, 3.05) is 6.61 Å². The minimum absolute atomic E-state index is 0.137. The molecular weight excluding hydrogens is 711 g/mol. The number of aromatic nitrogens is 2. The van der Waals surface area contributed by atoms with Crippen LogP contribution in [0.3, 0.4) is 0 Å². The Morgan fingerprint density at radius 2 is 1.45 bits per heavy atom. The first-order valence-electron chi connectivity index (χ1n) is 19.0. The zero-order valence-corrected chi connectivity index (χ0v) is 32.9. The number of Topliss-reactive ketones (excluding diaryl/α,β-unsaturated/α-hetero) is 1. The second-order valence-electron chi connectivity index (χ2n) is 14.9. The summed E-state index contributed by atoms with van der Waals surface area (Å²) in [6.07, 6.45) is 8.08. The van der Waals surface area contributed by atoms with E-state index in [2.05, 4.69) is 43.0 Å². The van der Waals surface area contributed by atoms with Crippen LogP contribution in [0.1, 0.15) is 98.0 Å². The van der Waals surface area contributed by atoms with Gasteiger partial charge in [0, 0.05) is 40.7 Å². The van der Waals surface area contributed by atoms with Crippen LogP contribution in [0.25, 0.3) is 22.5 Å². The topological polar surface area (TPSA) is 139 Å². The zero-order chi connectivity index (χ0) is 39.4. The molecule has 0 aliphatic carbocycles. The number of unbranched alkanes of at least 4 members (excludes halogenated alkanes) is 4. The van der Waals surface area contributed by atoms with Gasteiger partial charge in [-0.25, -0.2) is 14.8 Å². The molecule has 2 aromatic heterocycles. The van der Waals surface area contributed by atoms with E-state index < -0.39 is 29.9 Å². The van der Waals surface area contributed by atoms with Crippen molar-refractivity contribution in [3.05, 3.63) is 124 Å². The maximum atomic E-state index is 13.8. The summed E-state index contributed by atoms with van der Waals surface area (Å²) < 4.78 is 5.90. The summed E-state index contributed by atoms with van der Waals surface area (Å²) in [6, 6.07) is 25.8. The second-order valence-corrected chi connectivity index (χ2v) is 16.0. The first-order valence-corrected chi connectivity index (χ1v) is 19.8. The summed E-state index contributed by atoms with van der Waals surface area (Å²) in [5.74, 6) is -1.74. The fraction of sp³-hybridized carbons (Fsp3) is 0.356. The molecule has 0 radical (unpaired) electrons. The normalized spacial score (nSPS) is 13.1. The number of ether oxygens (including phenoxy) is 1. The van der Waals surface area contributed by atoms with Crippen LogP contribution >= 0.6 is 11.3 Å². The fourth-order valence-electron chi connectivity index (χ4n) is 6.20. The molecule has 3 aromatic carbocycles. The van der Waals surface area contributed by atoms with Crippen LogP contribution in [-0.2, 0) is 21.4 Å². The number of hydrogen-bond acceptors (Lipinski definition) is 8. The number of rotatable bonds is 19. The number of aliphatic carboxylic acids is 1. The second kappa shape index (κ2) is 19.4. The number of aliphatic hydroxyl groups is 1. The van der Waals surface area contributed by atoms with Crippen LogP contribution in [-0.4, -0.2) is 50.5 Å². The van der Waals surface area contributed by atoms with E-state index in [0.717, 1.165) is 39.3 Å². The van der Waals surface area contributed by atoms with Crippen LogP contribution in [0.4, 0.5) is 0 Å². The summed E-state index contributed by atoms with van der Waals surface area (Å²) in [6.45, 7) is 9.14. The lowest BCUT2D eigenvalue weighted by molar-refractivity contribution is -0.146. The Balaban J connectivity index is 1.27. The third-order valence-corrected chi connectivity index (χ3v) is 11.0. The van der Waals surface area contributed by atoms with E-state index in [1.54, 1.807) is 48.8 Å². The van der Waals surface area contributed by atoms with Gasteiger partial charge in [-0.05, 0) is 59.2 Å². The number of hydrogen-bond donors (Lipinski definition) is 3. The molecule has 3 N–H and O–H groups in total. The predicted molar refractivity (Wildman–Crippen MR) is 217 cm³/mol. The lowest BCUT2D eigenvalue weighted by atomic mass is 9.91. The van der Waals surface area contributed by atoms with Gasteiger partial charge >= 0.3 is 5.97 Å². The summed E-state index contributed by atoms with van der Waals surface area (Å²) in [7, 11) is 0. The first-order chi connectivity index (χ1) is 26.4. The molecular formula is C45H51N3O6S. The van der Waals surface area contributed by atoms with Gasteiger partial charge in [-0.2, -0.15) is 0 Å². The number of nitrogens with one attached hydrogen (secondary N) is 1. The van der Waals surface area contributed by atoms with Gasteiger partial charge in [-0.3, -0.25) is 9.59 Å². The minimum Gasteiger partial charge on any atom is -0.494 e. The minimum atomic E-state index is -1.61. The lowest BCUT2D eigenvalue weighted by Crippen LogP contribution is -2.47. The molecule has 0 fully saturated rings. The fourth-order valence-corrected chi connectivity index (χ4v) is 7.21. The van der Waals surface area contributed by atoms with Crippen LogP contribution in [0.15, 0.2) is 103 Å². The lowest BCUT2D eigenvalue weighted by Gasteiger charge is -2.24. The van der Waals surface area contributed by atoms with Gasteiger partial charge < -0.3 is 20.3 Å².